The highest BCUT2D eigenvalue weighted by molar-refractivity contribution is 7.92. The Balaban J connectivity index is 1.82. The highest BCUT2D eigenvalue weighted by Gasteiger charge is 2.35. The van der Waals surface area contributed by atoms with Crippen LogP contribution >= 0.6 is 11.6 Å². The molecular weight excluding hydrogens is 613 g/mol. The Kier molecular flexibility index (Phi) is 10.7. The monoisotopic (exact) mass is 649 g/mol. The minimum Gasteiger partial charge on any atom is -0.350 e. The van der Waals surface area contributed by atoms with Gasteiger partial charge in [-0.25, -0.2) is 12.8 Å². The molecule has 2 amide bonds. The third-order valence-electron chi connectivity index (χ3n) is 7.09. The Bertz CT molecular complexity index is 1730. The summed E-state index contributed by atoms with van der Waals surface area (Å²) in [5.74, 6) is -1.47. The summed E-state index contributed by atoms with van der Waals surface area (Å²) in [7, 11) is -4.25. The second kappa shape index (κ2) is 14.3. The quantitative estimate of drug-likeness (QED) is 0.200. The van der Waals surface area contributed by atoms with Crippen molar-refractivity contribution in [3.05, 3.63) is 131 Å². The Morgan fingerprint density at radius 3 is 2.04 bits per heavy atom. The summed E-state index contributed by atoms with van der Waals surface area (Å²) in [6.07, 6.45) is 0.164. The summed E-state index contributed by atoms with van der Waals surface area (Å²) in [6, 6.07) is 26.4. The van der Waals surface area contributed by atoms with Crippen molar-refractivity contribution in [2.75, 3.05) is 10.8 Å². The average molecular weight is 650 g/mol. The maximum atomic E-state index is 14.5. The van der Waals surface area contributed by atoms with E-state index in [1.807, 2.05) is 51.1 Å². The summed E-state index contributed by atoms with van der Waals surface area (Å²) >= 11 is 6.42. The second-order valence-electron chi connectivity index (χ2n) is 11.9. The fourth-order valence-corrected chi connectivity index (χ4v) is 6.38. The normalized spacial score (nSPS) is 12.3. The summed E-state index contributed by atoms with van der Waals surface area (Å²) in [5.41, 5.74) is 1.70. The predicted octanol–water partition coefficient (Wildman–Crippen LogP) is 6.54. The summed E-state index contributed by atoms with van der Waals surface area (Å²) in [4.78, 5) is 29.7. The molecule has 4 rings (SSSR count). The first-order valence-corrected chi connectivity index (χ1v) is 16.3. The molecule has 0 bridgehead atoms. The number of hydrogen-bond acceptors (Lipinski definition) is 4. The fourth-order valence-electron chi connectivity index (χ4n) is 4.78. The topological polar surface area (TPSA) is 86.8 Å². The average Bonchev–Trinajstić information content (AvgIpc) is 3.00. The van der Waals surface area contributed by atoms with Crippen molar-refractivity contribution in [1.29, 1.82) is 0 Å². The number of rotatable bonds is 11. The van der Waals surface area contributed by atoms with Crippen LogP contribution in [0.2, 0.25) is 5.02 Å². The Labute approximate surface area is 269 Å². The maximum absolute atomic E-state index is 14.5. The number of carbonyl (C=O) groups excluding carboxylic acids is 2. The van der Waals surface area contributed by atoms with Crippen LogP contribution in [0, 0.1) is 12.7 Å². The van der Waals surface area contributed by atoms with Crippen molar-refractivity contribution in [1.82, 2.24) is 10.2 Å². The summed E-state index contributed by atoms with van der Waals surface area (Å²) < 4.78 is 42.9. The largest absolute Gasteiger partial charge is 0.350 e. The molecule has 4 aromatic carbocycles. The van der Waals surface area contributed by atoms with E-state index in [-0.39, 0.29) is 23.5 Å². The van der Waals surface area contributed by atoms with Gasteiger partial charge in [0.1, 0.15) is 18.4 Å². The van der Waals surface area contributed by atoms with Gasteiger partial charge in [-0.05, 0) is 80.8 Å². The number of amides is 2. The third-order valence-corrected chi connectivity index (χ3v) is 9.28. The third kappa shape index (κ3) is 8.93. The van der Waals surface area contributed by atoms with Crippen LogP contribution in [0.15, 0.2) is 108 Å². The molecule has 0 aromatic heterocycles. The van der Waals surface area contributed by atoms with Crippen molar-refractivity contribution < 1.29 is 22.4 Å². The number of sulfonamides is 1. The highest BCUT2D eigenvalue weighted by Crippen LogP contribution is 2.29. The van der Waals surface area contributed by atoms with E-state index in [9.17, 15) is 22.4 Å². The molecule has 0 aliphatic heterocycles. The molecule has 0 radical (unpaired) electrons. The van der Waals surface area contributed by atoms with E-state index in [1.165, 1.54) is 47.4 Å². The van der Waals surface area contributed by atoms with Crippen LogP contribution in [0.25, 0.3) is 0 Å². The fraction of sp³-hybridized carbons (Fsp3) is 0.257. The van der Waals surface area contributed by atoms with E-state index >= 15 is 0 Å². The van der Waals surface area contributed by atoms with Gasteiger partial charge < -0.3 is 10.2 Å². The van der Waals surface area contributed by atoms with Gasteiger partial charge in [-0.2, -0.15) is 0 Å². The molecule has 7 nitrogen and oxygen atoms in total. The Morgan fingerprint density at radius 2 is 1.47 bits per heavy atom. The lowest BCUT2D eigenvalue weighted by Gasteiger charge is -2.35. The second-order valence-corrected chi connectivity index (χ2v) is 14.1. The van der Waals surface area contributed by atoms with Crippen molar-refractivity contribution in [2.45, 2.75) is 57.1 Å². The number of halogens is 2. The molecule has 0 saturated carbocycles. The lowest BCUT2D eigenvalue weighted by atomic mass is 10.0. The Morgan fingerprint density at radius 1 is 0.867 bits per heavy atom. The molecule has 45 heavy (non-hydrogen) atoms. The molecular formula is C35H37ClFN3O4S. The zero-order valence-electron chi connectivity index (χ0n) is 25.7. The van der Waals surface area contributed by atoms with Crippen LogP contribution in [0.4, 0.5) is 10.1 Å². The number of nitrogens with one attached hydrogen (secondary N) is 1. The summed E-state index contributed by atoms with van der Waals surface area (Å²) in [5, 5.41) is 3.32. The number of hydrogen-bond donors (Lipinski definition) is 1. The molecule has 4 aromatic rings. The lowest BCUT2D eigenvalue weighted by molar-refractivity contribution is -0.140. The van der Waals surface area contributed by atoms with E-state index in [0.717, 1.165) is 15.4 Å². The highest BCUT2D eigenvalue weighted by atomic mass is 35.5. The molecule has 236 valence electrons. The number of carbonyl (C=O) groups is 2. The predicted molar refractivity (Wildman–Crippen MR) is 176 cm³/mol. The molecule has 1 N–H and O–H groups in total. The zero-order valence-corrected chi connectivity index (χ0v) is 27.3. The van der Waals surface area contributed by atoms with Crippen LogP contribution in [0.5, 0.6) is 0 Å². The van der Waals surface area contributed by atoms with Gasteiger partial charge in [-0.1, -0.05) is 78.3 Å². The van der Waals surface area contributed by atoms with Crippen LogP contribution in [0.1, 0.15) is 37.5 Å². The van der Waals surface area contributed by atoms with E-state index in [1.54, 1.807) is 37.3 Å². The van der Waals surface area contributed by atoms with Crippen molar-refractivity contribution >= 4 is 39.1 Å². The van der Waals surface area contributed by atoms with E-state index < -0.39 is 45.8 Å². The molecule has 0 unspecified atom stereocenters. The summed E-state index contributed by atoms with van der Waals surface area (Å²) in [6.45, 7) is 6.62. The van der Waals surface area contributed by atoms with Gasteiger partial charge in [0.25, 0.3) is 10.0 Å². The van der Waals surface area contributed by atoms with E-state index in [4.69, 9.17) is 11.6 Å². The molecule has 0 saturated heterocycles. The molecule has 0 heterocycles. The molecule has 0 aliphatic carbocycles. The van der Waals surface area contributed by atoms with E-state index in [2.05, 4.69) is 5.32 Å². The molecule has 0 fully saturated rings. The van der Waals surface area contributed by atoms with Crippen LogP contribution < -0.4 is 9.62 Å². The molecule has 1 atom stereocenters. The first-order chi connectivity index (χ1) is 21.2. The standard InChI is InChI=1S/C35H37ClFN3O4S/c1-25-15-20-29(22-31(25)36)40(45(43,44)30-13-9-6-10-14-30)24-33(41)39(23-27-16-18-28(37)19-17-27)32(34(42)38-35(2,3)4)21-26-11-7-5-8-12-26/h5-20,22,32H,21,23-24H2,1-4H3,(H,38,42)/t32-/m0/s1. The van der Waals surface area contributed by atoms with Crippen molar-refractivity contribution in [2.24, 2.45) is 0 Å². The van der Waals surface area contributed by atoms with Gasteiger partial charge in [0.2, 0.25) is 11.8 Å². The van der Waals surface area contributed by atoms with Crippen LogP contribution in [-0.2, 0) is 32.6 Å². The van der Waals surface area contributed by atoms with Crippen LogP contribution in [0.3, 0.4) is 0 Å². The zero-order chi connectivity index (χ0) is 32.8. The molecule has 0 spiro atoms. The van der Waals surface area contributed by atoms with Gasteiger partial charge >= 0.3 is 0 Å². The minimum atomic E-state index is -4.25. The van der Waals surface area contributed by atoms with Gasteiger partial charge in [0, 0.05) is 23.5 Å². The number of nitrogens with zero attached hydrogens (tertiary/aromatic N) is 2. The van der Waals surface area contributed by atoms with Crippen molar-refractivity contribution in [3.8, 4) is 0 Å². The first kappa shape index (κ1) is 33.7. The number of aryl methyl sites for hydroxylation is 1. The number of benzene rings is 4. The molecule has 10 heteroatoms. The smallest absolute Gasteiger partial charge is 0.264 e. The Hall–Kier alpha value is -4.21. The lowest BCUT2D eigenvalue weighted by Crippen LogP contribution is -2.56. The van der Waals surface area contributed by atoms with E-state index in [0.29, 0.717) is 10.6 Å². The minimum absolute atomic E-state index is 0.00843. The van der Waals surface area contributed by atoms with Gasteiger partial charge in [-0.3, -0.25) is 13.9 Å². The van der Waals surface area contributed by atoms with Gasteiger partial charge in [0.15, 0.2) is 0 Å². The van der Waals surface area contributed by atoms with Crippen LogP contribution in [-0.4, -0.2) is 43.3 Å². The maximum Gasteiger partial charge on any atom is 0.264 e. The number of anilines is 1. The van der Waals surface area contributed by atoms with Gasteiger partial charge in [0.05, 0.1) is 10.6 Å². The van der Waals surface area contributed by atoms with Gasteiger partial charge in [-0.15, -0.1) is 0 Å². The SMILES string of the molecule is Cc1ccc(N(CC(=O)N(Cc2ccc(F)cc2)[C@@H](Cc2ccccc2)C(=O)NC(C)(C)C)S(=O)(=O)c2ccccc2)cc1Cl. The first-order valence-electron chi connectivity index (χ1n) is 14.5. The van der Waals surface area contributed by atoms with Crippen molar-refractivity contribution in [3.63, 3.8) is 0 Å². The molecule has 0 aliphatic rings.